The van der Waals surface area contributed by atoms with E-state index in [1.165, 1.54) is 0 Å². The van der Waals surface area contributed by atoms with Gasteiger partial charge in [-0.25, -0.2) is 0 Å². The van der Waals surface area contributed by atoms with Crippen LogP contribution in [-0.2, 0) is 0 Å². The Balaban J connectivity index is 1.94. The van der Waals surface area contributed by atoms with Crippen LogP contribution in [0.15, 0.2) is 48.5 Å². The zero-order chi connectivity index (χ0) is 12.5. The second kappa shape index (κ2) is 4.63. The maximum atomic E-state index is 10.1. The quantitative estimate of drug-likeness (QED) is 0.843. The Morgan fingerprint density at radius 2 is 1.94 bits per heavy atom. The molecule has 2 nitrogen and oxygen atoms in total. The molecule has 0 radical (unpaired) electrons. The van der Waals surface area contributed by atoms with E-state index in [4.69, 9.17) is 16.3 Å². The number of hydrogen-bond donors (Lipinski definition) is 1. The molecule has 0 amide bonds. The van der Waals surface area contributed by atoms with Crippen LogP contribution in [0.5, 0.6) is 5.75 Å². The maximum absolute atomic E-state index is 10.1. The minimum Gasteiger partial charge on any atom is -0.485 e. The van der Waals surface area contributed by atoms with Gasteiger partial charge in [-0.1, -0.05) is 41.9 Å². The molecule has 0 aromatic heterocycles. The van der Waals surface area contributed by atoms with E-state index in [1.54, 1.807) is 0 Å². The van der Waals surface area contributed by atoms with Crippen LogP contribution in [0.4, 0.5) is 0 Å². The fraction of sp³-hybridized carbons (Fsp3) is 0.200. The van der Waals surface area contributed by atoms with Crippen molar-refractivity contribution in [2.75, 3.05) is 0 Å². The van der Waals surface area contributed by atoms with Gasteiger partial charge in [-0.15, -0.1) is 0 Å². The number of ether oxygens (including phenoxy) is 1. The van der Waals surface area contributed by atoms with Crippen LogP contribution in [0.3, 0.4) is 0 Å². The highest BCUT2D eigenvalue weighted by Crippen LogP contribution is 2.40. The monoisotopic (exact) mass is 260 g/mol. The van der Waals surface area contributed by atoms with E-state index in [0.29, 0.717) is 11.4 Å². The lowest BCUT2D eigenvalue weighted by Crippen LogP contribution is -2.18. The zero-order valence-electron chi connectivity index (χ0n) is 9.71. The van der Waals surface area contributed by atoms with Crippen LogP contribution < -0.4 is 4.74 Å². The molecule has 1 heterocycles. The number of rotatable bonds is 1. The van der Waals surface area contributed by atoms with E-state index in [0.717, 1.165) is 16.9 Å². The van der Waals surface area contributed by atoms with Crippen molar-refractivity contribution < 1.29 is 9.84 Å². The van der Waals surface area contributed by atoms with Gasteiger partial charge in [0.1, 0.15) is 11.9 Å². The van der Waals surface area contributed by atoms with Gasteiger partial charge < -0.3 is 9.84 Å². The number of para-hydroxylation sites is 1. The predicted octanol–water partition coefficient (Wildman–Crippen LogP) is 3.90. The van der Waals surface area contributed by atoms with Crippen molar-refractivity contribution >= 4 is 11.6 Å². The summed E-state index contributed by atoms with van der Waals surface area (Å²) in [6.45, 7) is 0. The molecule has 0 bridgehead atoms. The van der Waals surface area contributed by atoms with Crippen molar-refractivity contribution in [1.82, 2.24) is 0 Å². The van der Waals surface area contributed by atoms with Crippen LogP contribution in [0.2, 0.25) is 5.02 Å². The van der Waals surface area contributed by atoms with E-state index in [1.807, 2.05) is 48.5 Å². The molecular weight excluding hydrogens is 248 g/mol. The summed E-state index contributed by atoms with van der Waals surface area (Å²) in [6.07, 6.45) is -0.0790. The first-order chi connectivity index (χ1) is 8.74. The SMILES string of the molecule is O[C@@H]1CC(c2cccc(Cl)c2)Oc2ccccc21. The molecule has 0 saturated carbocycles. The molecule has 1 aliphatic heterocycles. The van der Waals surface area contributed by atoms with Crippen molar-refractivity contribution in [3.8, 4) is 5.75 Å². The lowest BCUT2D eigenvalue weighted by atomic mass is 9.95. The van der Waals surface area contributed by atoms with Gasteiger partial charge in [0.25, 0.3) is 0 Å². The lowest BCUT2D eigenvalue weighted by molar-refractivity contribution is 0.0657. The van der Waals surface area contributed by atoms with Gasteiger partial charge in [0.2, 0.25) is 0 Å². The average molecular weight is 261 g/mol. The Morgan fingerprint density at radius 3 is 2.78 bits per heavy atom. The van der Waals surface area contributed by atoms with Gasteiger partial charge in [-0.2, -0.15) is 0 Å². The van der Waals surface area contributed by atoms with Crippen LogP contribution in [0.25, 0.3) is 0 Å². The predicted molar refractivity (Wildman–Crippen MR) is 70.8 cm³/mol. The first-order valence-corrected chi connectivity index (χ1v) is 6.31. The molecule has 2 atom stereocenters. The van der Waals surface area contributed by atoms with Gasteiger partial charge >= 0.3 is 0 Å². The fourth-order valence-corrected chi connectivity index (χ4v) is 2.50. The molecule has 2 aromatic rings. The summed E-state index contributed by atoms with van der Waals surface area (Å²) in [5.74, 6) is 0.751. The van der Waals surface area contributed by atoms with Crippen molar-refractivity contribution in [3.05, 3.63) is 64.7 Å². The van der Waals surface area contributed by atoms with E-state index in [-0.39, 0.29) is 6.10 Å². The number of fused-ring (bicyclic) bond motifs is 1. The molecule has 92 valence electrons. The summed E-state index contributed by atoms with van der Waals surface area (Å²) in [6, 6.07) is 15.2. The minimum atomic E-state index is -0.487. The Kier molecular flexibility index (Phi) is 2.98. The smallest absolute Gasteiger partial charge is 0.127 e. The number of benzene rings is 2. The number of halogens is 1. The second-order valence-corrected chi connectivity index (χ2v) is 4.89. The second-order valence-electron chi connectivity index (χ2n) is 4.45. The van der Waals surface area contributed by atoms with Crippen LogP contribution >= 0.6 is 11.6 Å². The summed E-state index contributed by atoms with van der Waals surface area (Å²) in [7, 11) is 0. The van der Waals surface area contributed by atoms with Crippen LogP contribution in [0.1, 0.15) is 29.8 Å². The number of hydrogen-bond acceptors (Lipinski definition) is 2. The van der Waals surface area contributed by atoms with Gasteiger partial charge in [-0.05, 0) is 23.8 Å². The topological polar surface area (TPSA) is 29.5 Å². The highest BCUT2D eigenvalue weighted by atomic mass is 35.5. The van der Waals surface area contributed by atoms with E-state index in [9.17, 15) is 5.11 Å². The summed E-state index contributed by atoms with van der Waals surface area (Å²) in [5.41, 5.74) is 1.85. The zero-order valence-corrected chi connectivity index (χ0v) is 10.5. The summed E-state index contributed by atoms with van der Waals surface area (Å²) in [5, 5.41) is 10.8. The van der Waals surface area contributed by atoms with Gasteiger partial charge in [0.05, 0.1) is 6.10 Å². The standard InChI is InChI=1S/C15H13ClO2/c16-11-5-3-4-10(8-11)15-9-13(17)12-6-1-2-7-14(12)18-15/h1-8,13,15,17H,9H2/t13-,15?/m1/s1. The molecule has 0 spiro atoms. The highest BCUT2D eigenvalue weighted by molar-refractivity contribution is 6.30. The summed E-state index contributed by atoms with van der Waals surface area (Å²) in [4.78, 5) is 0. The van der Waals surface area contributed by atoms with Gasteiger partial charge in [0, 0.05) is 17.0 Å². The third-order valence-electron chi connectivity index (χ3n) is 3.21. The molecule has 0 fully saturated rings. The molecule has 1 aliphatic rings. The van der Waals surface area contributed by atoms with Crippen molar-refractivity contribution in [3.63, 3.8) is 0 Å². The largest absolute Gasteiger partial charge is 0.485 e. The summed E-state index contributed by atoms with van der Waals surface area (Å²) >= 11 is 5.98. The van der Waals surface area contributed by atoms with Crippen molar-refractivity contribution in [2.45, 2.75) is 18.6 Å². The normalized spacial score (nSPS) is 22.1. The molecule has 3 heteroatoms. The Bertz CT molecular complexity index is 568. The summed E-state index contributed by atoms with van der Waals surface area (Å²) < 4.78 is 5.92. The number of aliphatic hydroxyl groups is 1. The first kappa shape index (κ1) is 11.6. The van der Waals surface area contributed by atoms with Crippen LogP contribution in [0, 0.1) is 0 Å². The molecule has 1 N–H and O–H groups in total. The van der Waals surface area contributed by atoms with Crippen molar-refractivity contribution in [2.24, 2.45) is 0 Å². The number of aliphatic hydroxyl groups excluding tert-OH is 1. The molecule has 0 saturated heterocycles. The molecule has 18 heavy (non-hydrogen) atoms. The Hall–Kier alpha value is -1.51. The van der Waals surface area contributed by atoms with Gasteiger partial charge in [0.15, 0.2) is 0 Å². The van der Waals surface area contributed by atoms with Crippen LogP contribution in [-0.4, -0.2) is 5.11 Å². The van der Waals surface area contributed by atoms with Crippen molar-refractivity contribution in [1.29, 1.82) is 0 Å². The molecule has 0 aliphatic carbocycles. The van der Waals surface area contributed by atoms with E-state index < -0.39 is 6.10 Å². The Morgan fingerprint density at radius 1 is 1.11 bits per heavy atom. The lowest BCUT2D eigenvalue weighted by Gasteiger charge is -2.29. The first-order valence-electron chi connectivity index (χ1n) is 5.93. The third kappa shape index (κ3) is 2.09. The fourth-order valence-electron chi connectivity index (χ4n) is 2.31. The van der Waals surface area contributed by atoms with E-state index >= 15 is 0 Å². The van der Waals surface area contributed by atoms with E-state index in [2.05, 4.69) is 0 Å². The molecular formula is C15H13ClO2. The highest BCUT2D eigenvalue weighted by Gasteiger charge is 2.27. The Labute approximate surface area is 111 Å². The molecule has 3 rings (SSSR count). The molecule has 1 unspecified atom stereocenters. The third-order valence-corrected chi connectivity index (χ3v) is 3.44. The maximum Gasteiger partial charge on any atom is 0.127 e. The van der Waals surface area contributed by atoms with Gasteiger partial charge in [-0.3, -0.25) is 0 Å². The molecule has 2 aromatic carbocycles. The average Bonchev–Trinajstić information content (AvgIpc) is 2.39. The minimum absolute atomic E-state index is 0.145.